The van der Waals surface area contributed by atoms with Crippen molar-refractivity contribution in [3.05, 3.63) is 29.8 Å². The summed E-state index contributed by atoms with van der Waals surface area (Å²) in [7, 11) is 0. The first-order valence-electron chi connectivity index (χ1n) is 5.49. The van der Waals surface area contributed by atoms with Crippen LogP contribution >= 0.6 is 0 Å². The summed E-state index contributed by atoms with van der Waals surface area (Å²) < 4.78 is 31.6. The molecule has 1 unspecified atom stereocenters. The van der Waals surface area contributed by atoms with Crippen LogP contribution in [-0.4, -0.2) is 19.2 Å². The zero-order valence-electron chi connectivity index (χ0n) is 9.59. The van der Waals surface area contributed by atoms with Gasteiger partial charge in [-0.15, -0.1) is 0 Å². The van der Waals surface area contributed by atoms with Gasteiger partial charge in [0.15, 0.2) is 17.4 Å². The molecular formula is C12H17F2NO. The number of hydrogen-bond acceptors (Lipinski definition) is 2. The van der Waals surface area contributed by atoms with E-state index in [2.05, 4.69) is 5.32 Å². The molecule has 0 heterocycles. The number of rotatable bonds is 6. The second-order valence-corrected chi connectivity index (χ2v) is 3.52. The first-order chi connectivity index (χ1) is 7.69. The van der Waals surface area contributed by atoms with Gasteiger partial charge in [0, 0.05) is 6.04 Å². The van der Waals surface area contributed by atoms with Gasteiger partial charge in [0.25, 0.3) is 0 Å². The Morgan fingerprint density at radius 2 is 1.88 bits per heavy atom. The van der Waals surface area contributed by atoms with E-state index in [1.54, 1.807) is 0 Å². The van der Waals surface area contributed by atoms with Gasteiger partial charge in [0.1, 0.15) is 6.61 Å². The fourth-order valence-electron chi connectivity index (χ4n) is 1.41. The maximum Gasteiger partial charge on any atom is 0.190 e. The minimum Gasteiger partial charge on any atom is -0.486 e. The second-order valence-electron chi connectivity index (χ2n) is 3.52. The van der Waals surface area contributed by atoms with Gasteiger partial charge in [-0.1, -0.05) is 19.9 Å². The lowest BCUT2D eigenvalue weighted by Gasteiger charge is -2.17. The number of nitrogens with one attached hydrogen (secondary N) is 1. The molecule has 90 valence electrons. The van der Waals surface area contributed by atoms with Gasteiger partial charge in [0.2, 0.25) is 0 Å². The predicted octanol–water partition coefficient (Wildman–Crippen LogP) is 2.73. The Labute approximate surface area is 94.6 Å². The third-order valence-corrected chi connectivity index (χ3v) is 2.33. The summed E-state index contributed by atoms with van der Waals surface area (Å²) in [6.07, 6.45) is 0.851. The molecule has 0 amide bonds. The fourth-order valence-corrected chi connectivity index (χ4v) is 1.41. The molecule has 1 aromatic carbocycles. The molecule has 2 nitrogen and oxygen atoms in total. The van der Waals surface area contributed by atoms with Crippen LogP contribution in [0.3, 0.4) is 0 Å². The molecule has 1 atom stereocenters. The van der Waals surface area contributed by atoms with Crippen LogP contribution in [0.1, 0.15) is 20.3 Å². The Bertz CT molecular complexity index is 311. The van der Waals surface area contributed by atoms with E-state index >= 15 is 0 Å². The summed E-state index contributed by atoms with van der Waals surface area (Å²) in [6.45, 7) is 5.05. The van der Waals surface area contributed by atoms with Crippen LogP contribution in [-0.2, 0) is 0 Å². The molecule has 0 bridgehead atoms. The van der Waals surface area contributed by atoms with Crippen LogP contribution in [0.25, 0.3) is 0 Å². The molecule has 0 saturated heterocycles. The standard InChI is InChI=1S/C12H17F2NO/c1-3-9(15-4-2)8-16-12-10(13)6-5-7-11(12)14/h5-7,9,15H,3-4,8H2,1-2H3. The number of likely N-dealkylation sites (N-methyl/N-ethyl adjacent to an activating group) is 1. The van der Waals surface area contributed by atoms with E-state index in [9.17, 15) is 8.78 Å². The second kappa shape index (κ2) is 6.43. The summed E-state index contributed by atoms with van der Waals surface area (Å²) >= 11 is 0. The fraction of sp³-hybridized carbons (Fsp3) is 0.500. The molecule has 0 aliphatic carbocycles. The Hall–Kier alpha value is -1.16. The van der Waals surface area contributed by atoms with Crippen LogP contribution in [0.5, 0.6) is 5.75 Å². The maximum atomic E-state index is 13.2. The largest absolute Gasteiger partial charge is 0.486 e. The van der Waals surface area contributed by atoms with E-state index in [0.717, 1.165) is 13.0 Å². The Morgan fingerprint density at radius 1 is 1.25 bits per heavy atom. The van der Waals surface area contributed by atoms with E-state index < -0.39 is 11.6 Å². The smallest absolute Gasteiger partial charge is 0.190 e. The summed E-state index contributed by atoms with van der Waals surface area (Å²) in [6, 6.07) is 3.81. The lowest BCUT2D eigenvalue weighted by molar-refractivity contribution is 0.241. The highest BCUT2D eigenvalue weighted by Gasteiger charge is 2.12. The first kappa shape index (κ1) is 12.9. The van der Waals surface area contributed by atoms with Crippen LogP contribution in [0.4, 0.5) is 8.78 Å². The summed E-state index contributed by atoms with van der Waals surface area (Å²) in [5.74, 6) is -1.61. The molecule has 4 heteroatoms. The van der Waals surface area contributed by atoms with Gasteiger partial charge >= 0.3 is 0 Å². The minimum absolute atomic E-state index is 0.115. The topological polar surface area (TPSA) is 21.3 Å². The first-order valence-corrected chi connectivity index (χ1v) is 5.49. The molecule has 0 saturated carbocycles. The molecule has 0 aromatic heterocycles. The van der Waals surface area contributed by atoms with Crippen molar-refractivity contribution in [2.24, 2.45) is 0 Å². The van der Waals surface area contributed by atoms with E-state index in [-0.39, 0.29) is 18.4 Å². The van der Waals surface area contributed by atoms with Crippen LogP contribution in [0.15, 0.2) is 18.2 Å². The van der Waals surface area contributed by atoms with Gasteiger partial charge in [0.05, 0.1) is 0 Å². The average Bonchev–Trinajstić information content (AvgIpc) is 2.27. The summed E-state index contributed by atoms with van der Waals surface area (Å²) in [5.41, 5.74) is 0. The monoisotopic (exact) mass is 229 g/mol. The molecule has 0 radical (unpaired) electrons. The van der Waals surface area contributed by atoms with Crippen molar-refractivity contribution in [3.63, 3.8) is 0 Å². The van der Waals surface area contributed by atoms with E-state index in [1.165, 1.54) is 18.2 Å². The van der Waals surface area contributed by atoms with E-state index in [0.29, 0.717) is 0 Å². The Balaban J connectivity index is 2.59. The lowest BCUT2D eigenvalue weighted by atomic mass is 10.2. The average molecular weight is 229 g/mol. The van der Waals surface area contributed by atoms with Crippen molar-refractivity contribution in [1.82, 2.24) is 5.32 Å². The molecule has 1 aromatic rings. The van der Waals surface area contributed by atoms with Crippen molar-refractivity contribution in [1.29, 1.82) is 0 Å². The maximum absolute atomic E-state index is 13.2. The molecule has 1 rings (SSSR count). The SMILES string of the molecule is CCNC(CC)COc1c(F)cccc1F. The van der Waals surface area contributed by atoms with Crippen molar-refractivity contribution in [3.8, 4) is 5.75 Å². The van der Waals surface area contributed by atoms with Gasteiger partial charge in [-0.2, -0.15) is 0 Å². The van der Waals surface area contributed by atoms with E-state index in [1.807, 2.05) is 13.8 Å². The van der Waals surface area contributed by atoms with Gasteiger partial charge in [-0.3, -0.25) is 0 Å². The number of hydrogen-bond donors (Lipinski definition) is 1. The zero-order valence-corrected chi connectivity index (χ0v) is 9.59. The zero-order chi connectivity index (χ0) is 12.0. The molecular weight excluding hydrogens is 212 g/mol. The van der Waals surface area contributed by atoms with Crippen molar-refractivity contribution in [2.45, 2.75) is 26.3 Å². The summed E-state index contributed by atoms with van der Waals surface area (Å²) in [5, 5.41) is 3.17. The third-order valence-electron chi connectivity index (χ3n) is 2.33. The van der Waals surface area contributed by atoms with Crippen LogP contribution in [0, 0.1) is 11.6 Å². The number of ether oxygens (including phenoxy) is 1. The van der Waals surface area contributed by atoms with Crippen molar-refractivity contribution >= 4 is 0 Å². The molecule has 16 heavy (non-hydrogen) atoms. The van der Waals surface area contributed by atoms with Gasteiger partial charge in [-0.25, -0.2) is 8.78 Å². The molecule has 0 spiro atoms. The molecule has 0 fully saturated rings. The molecule has 1 N–H and O–H groups in total. The lowest BCUT2D eigenvalue weighted by Crippen LogP contribution is -2.34. The van der Waals surface area contributed by atoms with Crippen molar-refractivity contribution < 1.29 is 13.5 Å². The highest BCUT2D eigenvalue weighted by molar-refractivity contribution is 5.26. The normalized spacial score (nSPS) is 12.5. The molecule has 0 aliphatic rings. The number of halogens is 2. The summed E-state index contributed by atoms with van der Waals surface area (Å²) in [4.78, 5) is 0. The minimum atomic E-state index is -0.661. The van der Waals surface area contributed by atoms with E-state index in [4.69, 9.17) is 4.74 Å². The Kier molecular flexibility index (Phi) is 5.19. The number of para-hydroxylation sites is 1. The van der Waals surface area contributed by atoms with Crippen molar-refractivity contribution in [2.75, 3.05) is 13.2 Å². The number of benzene rings is 1. The van der Waals surface area contributed by atoms with Crippen LogP contribution in [0.2, 0.25) is 0 Å². The Morgan fingerprint density at radius 3 is 2.38 bits per heavy atom. The quantitative estimate of drug-likeness (QED) is 0.809. The highest BCUT2D eigenvalue weighted by atomic mass is 19.1. The van der Waals surface area contributed by atoms with Gasteiger partial charge in [-0.05, 0) is 25.1 Å². The van der Waals surface area contributed by atoms with Gasteiger partial charge < -0.3 is 10.1 Å². The highest BCUT2D eigenvalue weighted by Crippen LogP contribution is 2.20. The third kappa shape index (κ3) is 3.45. The molecule has 0 aliphatic heterocycles. The predicted molar refractivity (Wildman–Crippen MR) is 59.6 cm³/mol. The van der Waals surface area contributed by atoms with Crippen LogP contribution < -0.4 is 10.1 Å².